The Morgan fingerprint density at radius 2 is 2.43 bits per heavy atom. The van der Waals surface area contributed by atoms with Gasteiger partial charge in [0.1, 0.15) is 0 Å². The standard InChI is InChI=1S/C15H24N4O2/c1-12-6-8-17-15(18-12)19-9-3-5-13(11-19)14(20)16-7-4-10-21-2/h6,8,13H,3-5,7,9-11H2,1-2H3,(H,16,20)/t13-/m1/s1. The minimum absolute atomic E-state index is 0.0189. The maximum absolute atomic E-state index is 12.2. The van der Waals surface area contributed by atoms with E-state index in [0.29, 0.717) is 19.7 Å². The fraction of sp³-hybridized carbons (Fsp3) is 0.667. The summed E-state index contributed by atoms with van der Waals surface area (Å²) in [5.74, 6) is 0.876. The number of piperidine rings is 1. The van der Waals surface area contributed by atoms with Crippen LogP contribution in [-0.2, 0) is 9.53 Å². The molecule has 6 nitrogen and oxygen atoms in total. The van der Waals surface area contributed by atoms with Gasteiger partial charge in [-0.2, -0.15) is 0 Å². The van der Waals surface area contributed by atoms with Crippen LogP contribution in [0.2, 0.25) is 0 Å². The number of methoxy groups -OCH3 is 1. The molecule has 0 spiro atoms. The summed E-state index contributed by atoms with van der Waals surface area (Å²) in [6.07, 6.45) is 4.54. The molecule has 0 saturated carbocycles. The summed E-state index contributed by atoms with van der Waals surface area (Å²) in [7, 11) is 1.67. The molecule has 6 heteroatoms. The molecule has 1 aromatic rings. The van der Waals surface area contributed by atoms with E-state index in [0.717, 1.165) is 37.4 Å². The minimum atomic E-state index is 0.0189. The summed E-state index contributed by atoms with van der Waals surface area (Å²) in [5.41, 5.74) is 0.950. The Bertz CT molecular complexity index is 467. The number of carbonyl (C=O) groups excluding carboxylic acids is 1. The molecule has 0 aromatic carbocycles. The van der Waals surface area contributed by atoms with Crippen molar-refractivity contribution in [1.82, 2.24) is 15.3 Å². The van der Waals surface area contributed by atoms with Crippen LogP contribution in [0.15, 0.2) is 12.3 Å². The number of amides is 1. The van der Waals surface area contributed by atoms with Crippen molar-refractivity contribution < 1.29 is 9.53 Å². The third-order valence-electron chi connectivity index (χ3n) is 3.68. The van der Waals surface area contributed by atoms with Gasteiger partial charge in [-0.05, 0) is 32.3 Å². The SMILES string of the molecule is COCCCNC(=O)[C@@H]1CCCN(c2nccc(C)n2)C1. The number of aromatic nitrogens is 2. The van der Waals surface area contributed by atoms with Crippen molar-refractivity contribution in [3.05, 3.63) is 18.0 Å². The molecule has 0 bridgehead atoms. The van der Waals surface area contributed by atoms with Gasteiger partial charge in [0.15, 0.2) is 0 Å². The Labute approximate surface area is 125 Å². The van der Waals surface area contributed by atoms with Crippen molar-refractivity contribution in [3.63, 3.8) is 0 Å². The second kappa shape index (κ2) is 7.93. The molecule has 2 rings (SSSR count). The number of hydrogen-bond donors (Lipinski definition) is 1. The molecule has 1 N–H and O–H groups in total. The molecule has 1 fully saturated rings. The molecular weight excluding hydrogens is 268 g/mol. The smallest absolute Gasteiger partial charge is 0.225 e. The van der Waals surface area contributed by atoms with Gasteiger partial charge in [-0.15, -0.1) is 0 Å². The van der Waals surface area contributed by atoms with Gasteiger partial charge in [-0.3, -0.25) is 4.79 Å². The molecular formula is C15H24N4O2. The average molecular weight is 292 g/mol. The molecule has 1 atom stereocenters. The summed E-state index contributed by atoms with van der Waals surface area (Å²) in [4.78, 5) is 23.0. The molecule has 21 heavy (non-hydrogen) atoms. The summed E-state index contributed by atoms with van der Waals surface area (Å²) < 4.78 is 4.98. The molecule has 0 radical (unpaired) electrons. The van der Waals surface area contributed by atoms with Crippen LogP contribution in [0.4, 0.5) is 5.95 Å². The van der Waals surface area contributed by atoms with Crippen LogP contribution in [0.3, 0.4) is 0 Å². The summed E-state index contributed by atoms with van der Waals surface area (Å²) in [6.45, 7) is 4.91. The quantitative estimate of drug-likeness (QED) is 0.797. The fourth-order valence-corrected chi connectivity index (χ4v) is 2.53. The molecule has 1 amide bonds. The number of hydrogen-bond acceptors (Lipinski definition) is 5. The number of rotatable bonds is 6. The first-order valence-corrected chi connectivity index (χ1v) is 7.52. The third kappa shape index (κ3) is 4.67. The highest BCUT2D eigenvalue weighted by molar-refractivity contribution is 5.79. The lowest BCUT2D eigenvalue weighted by molar-refractivity contribution is -0.125. The van der Waals surface area contributed by atoms with Crippen LogP contribution in [-0.4, -0.2) is 49.2 Å². The molecule has 0 unspecified atom stereocenters. The molecule has 116 valence electrons. The lowest BCUT2D eigenvalue weighted by Gasteiger charge is -2.32. The van der Waals surface area contributed by atoms with Crippen molar-refractivity contribution >= 4 is 11.9 Å². The van der Waals surface area contributed by atoms with Crippen molar-refractivity contribution in [2.75, 3.05) is 38.3 Å². The predicted octanol–water partition coefficient (Wildman–Crippen LogP) is 1.15. The second-order valence-corrected chi connectivity index (χ2v) is 5.42. The van der Waals surface area contributed by atoms with Crippen LogP contribution in [0.1, 0.15) is 25.0 Å². The number of anilines is 1. The van der Waals surface area contributed by atoms with E-state index in [9.17, 15) is 4.79 Å². The maximum Gasteiger partial charge on any atom is 0.225 e. The van der Waals surface area contributed by atoms with Crippen LogP contribution >= 0.6 is 0 Å². The van der Waals surface area contributed by atoms with Gasteiger partial charge in [0, 0.05) is 45.2 Å². The van der Waals surface area contributed by atoms with E-state index in [4.69, 9.17) is 4.74 Å². The summed E-state index contributed by atoms with van der Waals surface area (Å²) in [5, 5.41) is 2.98. The van der Waals surface area contributed by atoms with Crippen molar-refractivity contribution in [1.29, 1.82) is 0 Å². The van der Waals surface area contributed by atoms with E-state index in [-0.39, 0.29) is 11.8 Å². The largest absolute Gasteiger partial charge is 0.385 e. The Morgan fingerprint density at radius 1 is 1.57 bits per heavy atom. The number of ether oxygens (including phenoxy) is 1. The van der Waals surface area contributed by atoms with E-state index in [2.05, 4.69) is 20.2 Å². The number of aryl methyl sites for hydroxylation is 1. The van der Waals surface area contributed by atoms with Gasteiger partial charge < -0.3 is 15.0 Å². The average Bonchev–Trinajstić information content (AvgIpc) is 2.51. The Hall–Kier alpha value is -1.69. The van der Waals surface area contributed by atoms with Gasteiger partial charge in [-0.25, -0.2) is 9.97 Å². The van der Waals surface area contributed by atoms with E-state index < -0.39 is 0 Å². The fourth-order valence-electron chi connectivity index (χ4n) is 2.53. The van der Waals surface area contributed by atoms with Crippen molar-refractivity contribution in [2.24, 2.45) is 5.92 Å². The van der Waals surface area contributed by atoms with Gasteiger partial charge in [0.25, 0.3) is 0 Å². The molecule has 1 aromatic heterocycles. The van der Waals surface area contributed by atoms with Gasteiger partial charge in [0.2, 0.25) is 11.9 Å². The highest BCUT2D eigenvalue weighted by atomic mass is 16.5. The first kappa shape index (κ1) is 15.7. The zero-order valence-electron chi connectivity index (χ0n) is 12.8. The predicted molar refractivity (Wildman–Crippen MR) is 81.2 cm³/mol. The van der Waals surface area contributed by atoms with E-state index in [1.807, 2.05) is 13.0 Å². The lowest BCUT2D eigenvalue weighted by Crippen LogP contribution is -2.44. The number of carbonyl (C=O) groups is 1. The second-order valence-electron chi connectivity index (χ2n) is 5.42. The van der Waals surface area contributed by atoms with Crippen LogP contribution < -0.4 is 10.2 Å². The summed E-state index contributed by atoms with van der Waals surface area (Å²) in [6, 6.07) is 1.88. The van der Waals surface area contributed by atoms with Crippen molar-refractivity contribution in [2.45, 2.75) is 26.2 Å². The van der Waals surface area contributed by atoms with E-state index in [1.54, 1.807) is 13.3 Å². The minimum Gasteiger partial charge on any atom is -0.385 e. The van der Waals surface area contributed by atoms with E-state index in [1.165, 1.54) is 0 Å². The first-order chi connectivity index (χ1) is 10.2. The Balaban J connectivity index is 1.87. The Morgan fingerprint density at radius 3 is 3.19 bits per heavy atom. The highest BCUT2D eigenvalue weighted by Crippen LogP contribution is 2.20. The van der Waals surface area contributed by atoms with Crippen LogP contribution in [0, 0.1) is 12.8 Å². The molecule has 1 saturated heterocycles. The number of nitrogens with one attached hydrogen (secondary N) is 1. The topological polar surface area (TPSA) is 67.3 Å². The molecule has 0 aliphatic carbocycles. The number of nitrogens with zero attached hydrogens (tertiary/aromatic N) is 3. The molecule has 2 heterocycles. The third-order valence-corrected chi connectivity index (χ3v) is 3.68. The van der Waals surface area contributed by atoms with Crippen molar-refractivity contribution in [3.8, 4) is 0 Å². The summed E-state index contributed by atoms with van der Waals surface area (Å²) >= 11 is 0. The van der Waals surface area contributed by atoms with Crippen LogP contribution in [0.5, 0.6) is 0 Å². The normalized spacial score (nSPS) is 18.6. The van der Waals surface area contributed by atoms with Gasteiger partial charge in [0.05, 0.1) is 5.92 Å². The Kier molecular flexibility index (Phi) is 5.92. The first-order valence-electron chi connectivity index (χ1n) is 7.52. The molecule has 1 aliphatic rings. The monoisotopic (exact) mass is 292 g/mol. The maximum atomic E-state index is 12.2. The van der Waals surface area contributed by atoms with Gasteiger partial charge in [-0.1, -0.05) is 0 Å². The zero-order chi connectivity index (χ0) is 15.1. The lowest BCUT2D eigenvalue weighted by atomic mass is 9.97. The van der Waals surface area contributed by atoms with Gasteiger partial charge >= 0.3 is 0 Å². The van der Waals surface area contributed by atoms with Crippen LogP contribution in [0.25, 0.3) is 0 Å². The molecule has 1 aliphatic heterocycles. The zero-order valence-corrected chi connectivity index (χ0v) is 12.8. The highest BCUT2D eigenvalue weighted by Gasteiger charge is 2.26. The van der Waals surface area contributed by atoms with E-state index >= 15 is 0 Å².